The first-order chi connectivity index (χ1) is 12.0. The van der Waals surface area contributed by atoms with Crippen LogP contribution in [0, 0.1) is 13.8 Å². The van der Waals surface area contributed by atoms with Gasteiger partial charge in [-0.05, 0) is 48.4 Å². The second-order valence-corrected chi connectivity index (χ2v) is 6.03. The molecule has 130 valence electrons. The molecule has 1 amide bonds. The van der Waals surface area contributed by atoms with Crippen molar-refractivity contribution >= 4 is 11.6 Å². The summed E-state index contributed by atoms with van der Waals surface area (Å²) in [6.45, 7) is 3.99. The minimum Gasteiger partial charge on any atom is -0.326 e. The van der Waals surface area contributed by atoms with Crippen LogP contribution in [0.3, 0.4) is 0 Å². The Morgan fingerprint density at radius 1 is 1.20 bits per heavy atom. The summed E-state index contributed by atoms with van der Waals surface area (Å²) in [5, 5.41) is 18.8. The molecule has 1 aromatic carbocycles. The number of carbonyl (C=O) groups is 1. The van der Waals surface area contributed by atoms with E-state index in [1.165, 1.54) is 0 Å². The summed E-state index contributed by atoms with van der Waals surface area (Å²) in [5.41, 5.74) is 4.79. The molecule has 0 aliphatic rings. The molecule has 0 aliphatic heterocycles. The topological polar surface area (TPSA) is 90.5 Å². The third kappa shape index (κ3) is 3.57. The van der Waals surface area contributed by atoms with E-state index in [1.807, 2.05) is 49.8 Å². The zero-order valence-electron chi connectivity index (χ0n) is 14.8. The molecule has 0 saturated carbocycles. The molecule has 8 nitrogen and oxygen atoms in total. The number of carbonyl (C=O) groups excluding carboxylic acids is 1. The van der Waals surface area contributed by atoms with Crippen molar-refractivity contribution in [3.63, 3.8) is 0 Å². The number of nitrogens with zero attached hydrogens (tertiary/aromatic N) is 6. The zero-order valence-corrected chi connectivity index (χ0v) is 14.8. The van der Waals surface area contributed by atoms with Gasteiger partial charge in [-0.25, -0.2) is 4.68 Å². The molecule has 8 heteroatoms. The van der Waals surface area contributed by atoms with Crippen molar-refractivity contribution in [2.45, 2.75) is 26.7 Å². The number of anilines is 1. The smallest absolute Gasteiger partial charge is 0.224 e. The average Bonchev–Trinajstić information content (AvgIpc) is 3.10. The molecule has 2 aromatic heterocycles. The van der Waals surface area contributed by atoms with Gasteiger partial charge in [-0.1, -0.05) is 12.1 Å². The lowest BCUT2D eigenvalue weighted by Crippen LogP contribution is -2.13. The molecule has 0 bridgehead atoms. The molecule has 3 rings (SSSR count). The van der Waals surface area contributed by atoms with Crippen LogP contribution in [0.1, 0.15) is 23.4 Å². The fraction of sp³-hybridized carbons (Fsp3) is 0.353. The number of aromatic nitrogens is 6. The molecule has 0 fully saturated rings. The first-order valence-corrected chi connectivity index (χ1v) is 8.07. The molecule has 0 unspecified atom stereocenters. The number of tetrazole rings is 1. The second-order valence-electron chi connectivity index (χ2n) is 6.03. The number of nitrogens with one attached hydrogen (secondary N) is 1. The van der Waals surface area contributed by atoms with Gasteiger partial charge in [0.15, 0.2) is 5.82 Å². The highest BCUT2D eigenvalue weighted by atomic mass is 16.1. The Hall–Kier alpha value is -3.03. The fourth-order valence-corrected chi connectivity index (χ4v) is 2.85. The van der Waals surface area contributed by atoms with Crippen LogP contribution >= 0.6 is 0 Å². The Labute approximate surface area is 145 Å². The zero-order chi connectivity index (χ0) is 18.0. The summed E-state index contributed by atoms with van der Waals surface area (Å²) in [6, 6.07) is 7.49. The van der Waals surface area contributed by atoms with E-state index < -0.39 is 0 Å². The van der Waals surface area contributed by atoms with Crippen LogP contribution in [0.25, 0.3) is 11.4 Å². The third-order valence-electron chi connectivity index (χ3n) is 4.29. The van der Waals surface area contributed by atoms with E-state index in [1.54, 1.807) is 11.7 Å². The SMILES string of the molecule is Cc1nn(C)c(C)c1CCC(=O)Nc1cccc(-c2nnnn2C)c1. The van der Waals surface area contributed by atoms with E-state index in [-0.39, 0.29) is 5.91 Å². The van der Waals surface area contributed by atoms with Gasteiger partial charge in [0.05, 0.1) is 5.69 Å². The molecule has 0 radical (unpaired) electrons. The normalized spacial score (nSPS) is 10.9. The van der Waals surface area contributed by atoms with Gasteiger partial charge in [0, 0.05) is 37.5 Å². The molecule has 0 saturated heterocycles. The van der Waals surface area contributed by atoms with Crippen LogP contribution in [0.5, 0.6) is 0 Å². The van der Waals surface area contributed by atoms with E-state index in [2.05, 4.69) is 25.9 Å². The number of rotatable bonds is 5. The maximum Gasteiger partial charge on any atom is 0.224 e. The minimum atomic E-state index is -0.0316. The highest BCUT2D eigenvalue weighted by Crippen LogP contribution is 2.20. The third-order valence-corrected chi connectivity index (χ3v) is 4.29. The number of benzene rings is 1. The number of hydrogen-bond donors (Lipinski definition) is 1. The molecule has 2 heterocycles. The summed E-state index contributed by atoms with van der Waals surface area (Å²) in [4.78, 5) is 12.3. The van der Waals surface area contributed by atoms with Gasteiger partial charge < -0.3 is 5.32 Å². The van der Waals surface area contributed by atoms with Crippen molar-refractivity contribution in [2.75, 3.05) is 5.32 Å². The summed E-state index contributed by atoms with van der Waals surface area (Å²) in [6.07, 6.45) is 1.08. The highest BCUT2D eigenvalue weighted by Gasteiger charge is 2.12. The van der Waals surface area contributed by atoms with Crippen molar-refractivity contribution in [3.8, 4) is 11.4 Å². The Kier molecular flexibility index (Phi) is 4.60. The lowest BCUT2D eigenvalue weighted by atomic mass is 10.1. The highest BCUT2D eigenvalue weighted by molar-refractivity contribution is 5.91. The minimum absolute atomic E-state index is 0.0316. The Morgan fingerprint density at radius 3 is 2.64 bits per heavy atom. The number of hydrogen-bond acceptors (Lipinski definition) is 5. The molecule has 0 aliphatic carbocycles. The van der Waals surface area contributed by atoms with E-state index >= 15 is 0 Å². The standard InChI is InChI=1S/C17H21N7O/c1-11-15(12(2)23(3)20-11)8-9-16(25)18-14-7-5-6-13(10-14)17-19-21-22-24(17)4/h5-7,10H,8-9H2,1-4H3,(H,18,25). The fourth-order valence-electron chi connectivity index (χ4n) is 2.85. The van der Waals surface area contributed by atoms with Crippen LogP contribution in [-0.2, 0) is 25.3 Å². The van der Waals surface area contributed by atoms with Crippen LogP contribution < -0.4 is 5.32 Å². The molecule has 0 atom stereocenters. The summed E-state index contributed by atoms with van der Waals surface area (Å²) in [7, 11) is 3.69. The van der Waals surface area contributed by atoms with Crippen molar-refractivity contribution < 1.29 is 4.79 Å². The van der Waals surface area contributed by atoms with E-state index in [4.69, 9.17) is 0 Å². The lowest BCUT2D eigenvalue weighted by molar-refractivity contribution is -0.116. The van der Waals surface area contributed by atoms with Crippen LogP contribution in [-0.4, -0.2) is 35.9 Å². The van der Waals surface area contributed by atoms with Crippen LogP contribution in [0.2, 0.25) is 0 Å². The van der Waals surface area contributed by atoms with Gasteiger partial charge in [-0.15, -0.1) is 5.10 Å². The first kappa shape index (κ1) is 16.8. The van der Waals surface area contributed by atoms with Gasteiger partial charge in [0.25, 0.3) is 0 Å². The van der Waals surface area contributed by atoms with Crippen molar-refractivity contribution in [3.05, 3.63) is 41.2 Å². The van der Waals surface area contributed by atoms with Crippen molar-refractivity contribution in [2.24, 2.45) is 14.1 Å². The van der Waals surface area contributed by atoms with E-state index in [9.17, 15) is 4.79 Å². The predicted molar refractivity (Wildman–Crippen MR) is 93.9 cm³/mol. The average molecular weight is 339 g/mol. The van der Waals surface area contributed by atoms with Crippen LogP contribution in [0.15, 0.2) is 24.3 Å². The van der Waals surface area contributed by atoms with E-state index in [0.717, 1.165) is 28.2 Å². The molecular weight excluding hydrogens is 318 g/mol. The van der Waals surface area contributed by atoms with Gasteiger partial charge in [-0.2, -0.15) is 5.10 Å². The lowest BCUT2D eigenvalue weighted by Gasteiger charge is -2.07. The molecule has 1 N–H and O–H groups in total. The van der Waals surface area contributed by atoms with Crippen molar-refractivity contribution in [1.29, 1.82) is 0 Å². The molecule has 0 spiro atoms. The summed E-state index contributed by atoms with van der Waals surface area (Å²) >= 11 is 0. The maximum atomic E-state index is 12.3. The molecule has 25 heavy (non-hydrogen) atoms. The Bertz CT molecular complexity index is 910. The second kappa shape index (κ2) is 6.84. The van der Waals surface area contributed by atoms with Gasteiger partial charge in [0.1, 0.15) is 0 Å². The van der Waals surface area contributed by atoms with Crippen molar-refractivity contribution in [1.82, 2.24) is 30.0 Å². The number of aryl methyl sites for hydroxylation is 3. The van der Waals surface area contributed by atoms with Gasteiger partial charge in [0.2, 0.25) is 5.91 Å². The predicted octanol–water partition coefficient (Wildman–Crippen LogP) is 1.80. The van der Waals surface area contributed by atoms with Gasteiger partial charge >= 0.3 is 0 Å². The maximum absolute atomic E-state index is 12.3. The molecule has 3 aromatic rings. The first-order valence-electron chi connectivity index (χ1n) is 8.07. The quantitative estimate of drug-likeness (QED) is 0.765. The number of amides is 1. The van der Waals surface area contributed by atoms with E-state index in [0.29, 0.717) is 18.7 Å². The Balaban J connectivity index is 1.66. The Morgan fingerprint density at radius 2 is 2.00 bits per heavy atom. The summed E-state index contributed by atoms with van der Waals surface area (Å²) in [5.74, 6) is 0.619. The summed E-state index contributed by atoms with van der Waals surface area (Å²) < 4.78 is 3.44. The van der Waals surface area contributed by atoms with Crippen LogP contribution in [0.4, 0.5) is 5.69 Å². The largest absolute Gasteiger partial charge is 0.326 e. The van der Waals surface area contributed by atoms with Gasteiger partial charge in [-0.3, -0.25) is 9.48 Å². The monoisotopic (exact) mass is 339 g/mol. The molecular formula is C17H21N7O.